The van der Waals surface area contributed by atoms with E-state index < -0.39 is 0 Å². The SMILES string of the molecule is Cc1ccc(-n2nnc(C#N)c2C2CC2)c(C)c1. The van der Waals surface area contributed by atoms with E-state index in [4.69, 9.17) is 5.26 Å². The Balaban J connectivity index is 2.17. The second-order valence-electron chi connectivity index (χ2n) is 4.91. The quantitative estimate of drug-likeness (QED) is 0.808. The molecule has 1 aromatic heterocycles. The van der Waals surface area contributed by atoms with E-state index in [0.717, 1.165) is 29.8 Å². The number of benzene rings is 1. The topological polar surface area (TPSA) is 54.5 Å². The molecule has 3 rings (SSSR count). The molecule has 1 aliphatic carbocycles. The normalized spacial score (nSPS) is 14.5. The molecule has 0 atom stereocenters. The van der Waals surface area contributed by atoms with Crippen molar-refractivity contribution in [2.45, 2.75) is 32.6 Å². The fourth-order valence-electron chi connectivity index (χ4n) is 2.31. The number of hydrogen-bond acceptors (Lipinski definition) is 3. The summed E-state index contributed by atoms with van der Waals surface area (Å²) in [7, 11) is 0. The Morgan fingerprint density at radius 3 is 2.72 bits per heavy atom. The van der Waals surface area contributed by atoms with Gasteiger partial charge in [-0.15, -0.1) is 5.10 Å². The van der Waals surface area contributed by atoms with Crippen LogP contribution in [0.3, 0.4) is 0 Å². The molecule has 0 saturated heterocycles. The van der Waals surface area contributed by atoms with Crippen molar-refractivity contribution >= 4 is 0 Å². The molecule has 0 amide bonds. The number of aromatic nitrogens is 3. The van der Waals surface area contributed by atoms with Crippen molar-refractivity contribution in [1.29, 1.82) is 5.26 Å². The smallest absolute Gasteiger partial charge is 0.186 e. The lowest BCUT2D eigenvalue weighted by Gasteiger charge is -2.09. The van der Waals surface area contributed by atoms with Gasteiger partial charge in [-0.3, -0.25) is 0 Å². The van der Waals surface area contributed by atoms with Crippen molar-refractivity contribution in [2.24, 2.45) is 0 Å². The van der Waals surface area contributed by atoms with E-state index in [0.29, 0.717) is 11.6 Å². The van der Waals surface area contributed by atoms with Crippen LogP contribution >= 0.6 is 0 Å². The second kappa shape index (κ2) is 3.95. The van der Waals surface area contributed by atoms with E-state index in [9.17, 15) is 0 Å². The first-order valence-corrected chi connectivity index (χ1v) is 6.14. The van der Waals surface area contributed by atoms with Gasteiger partial charge in [0.05, 0.1) is 11.4 Å². The number of hydrogen-bond donors (Lipinski definition) is 0. The summed E-state index contributed by atoms with van der Waals surface area (Å²) in [5, 5.41) is 17.2. The first-order chi connectivity index (χ1) is 8.70. The molecule has 1 saturated carbocycles. The van der Waals surface area contributed by atoms with E-state index in [1.165, 1.54) is 5.56 Å². The zero-order valence-electron chi connectivity index (χ0n) is 10.5. The highest BCUT2D eigenvalue weighted by atomic mass is 15.4. The molecule has 90 valence electrons. The third-order valence-corrected chi connectivity index (χ3v) is 3.36. The zero-order valence-corrected chi connectivity index (χ0v) is 10.5. The largest absolute Gasteiger partial charge is 0.216 e. The van der Waals surface area contributed by atoms with Gasteiger partial charge in [-0.1, -0.05) is 22.9 Å². The van der Waals surface area contributed by atoms with Gasteiger partial charge in [0.25, 0.3) is 0 Å². The van der Waals surface area contributed by atoms with Crippen LogP contribution in [-0.2, 0) is 0 Å². The zero-order chi connectivity index (χ0) is 12.7. The van der Waals surface area contributed by atoms with Gasteiger partial charge in [0, 0.05) is 5.92 Å². The minimum atomic E-state index is 0.454. The molecule has 0 bridgehead atoms. The molecule has 0 unspecified atom stereocenters. The third-order valence-electron chi connectivity index (χ3n) is 3.36. The number of nitriles is 1. The number of aryl methyl sites for hydroxylation is 2. The van der Waals surface area contributed by atoms with Gasteiger partial charge in [0.15, 0.2) is 5.69 Å². The monoisotopic (exact) mass is 238 g/mol. The summed E-state index contributed by atoms with van der Waals surface area (Å²) in [6.07, 6.45) is 2.26. The summed E-state index contributed by atoms with van der Waals surface area (Å²) < 4.78 is 1.84. The first-order valence-electron chi connectivity index (χ1n) is 6.14. The lowest BCUT2D eigenvalue weighted by Crippen LogP contribution is -2.04. The first kappa shape index (κ1) is 11.0. The fourth-order valence-corrected chi connectivity index (χ4v) is 2.31. The summed E-state index contributed by atoms with van der Waals surface area (Å²) in [5.74, 6) is 0.454. The molecule has 4 heteroatoms. The highest BCUT2D eigenvalue weighted by Gasteiger charge is 2.32. The molecule has 2 aromatic rings. The lowest BCUT2D eigenvalue weighted by atomic mass is 10.1. The van der Waals surface area contributed by atoms with E-state index in [1.54, 1.807) is 0 Å². The lowest BCUT2D eigenvalue weighted by molar-refractivity contribution is 0.759. The molecule has 1 heterocycles. The highest BCUT2D eigenvalue weighted by molar-refractivity contribution is 5.45. The molecule has 1 aliphatic rings. The van der Waals surface area contributed by atoms with Gasteiger partial charge in [-0.2, -0.15) is 5.26 Å². The number of nitrogens with zero attached hydrogens (tertiary/aromatic N) is 4. The average Bonchev–Trinajstić information content (AvgIpc) is 3.09. The molecule has 0 aliphatic heterocycles. The Bertz CT molecular complexity index is 644. The third kappa shape index (κ3) is 1.68. The maximum absolute atomic E-state index is 9.10. The predicted octanol–water partition coefficient (Wildman–Crippen LogP) is 2.63. The van der Waals surface area contributed by atoms with Crippen LogP contribution in [0.15, 0.2) is 18.2 Å². The molecule has 1 fully saturated rings. The molecule has 1 aromatic carbocycles. The Hall–Kier alpha value is -2.15. The van der Waals surface area contributed by atoms with Crippen LogP contribution in [0.25, 0.3) is 5.69 Å². The minimum Gasteiger partial charge on any atom is -0.216 e. The van der Waals surface area contributed by atoms with Gasteiger partial charge >= 0.3 is 0 Å². The van der Waals surface area contributed by atoms with Crippen LogP contribution in [0.1, 0.15) is 41.3 Å². The Morgan fingerprint density at radius 2 is 2.11 bits per heavy atom. The van der Waals surface area contributed by atoms with Crippen LogP contribution in [0.4, 0.5) is 0 Å². The minimum absolute atomic E-state index is 0.454. The summed E-state index contributed by atoms with van der Waals surface area (Å²) in [6.45, 7) is 4.13. The van der Waals surface area contributed by atoms with Crippen LogP contribution in [-0.4, -0.2) is 15.0 Å². The average molecular weight is 238 g/mol. The molecule has 0 N–H and O–H groups in total. The van der Waals surface area contributed by atoms with Crippen molar-refractivity contribution in [3.05, 3.63) is 40.7 Å². The predicted molar refractivity (Wildman–Crippen MR) is 67.5 cm³/mol. The molecule has 4 nitrogen and oxygen atoms in total. The Labute approximate surface area is 106 Å². The van der Waals surface area contributed by atoms with Crippen molar-refractivity contribution < 1.29 is 0 Å². The Morgan fingerprint density at radius 1 is 1.33 bits per heavy atom. The molecule has 0 radical (unpaired) electrons. The summed E-state index contributed by atoms with van der Waals surface area (Å²) in [6, 6.07) is 8.38. The highest BCUT2D eigenvalue weighted by Crippen LogP contribution is 2.41. The van der Waals surface area contributed by atoms with Crippen LogP contribution in [0.2, 0.25) is 0 Å². The van der Waals surface area contributed by atoms with Gasteiger partial charge in [0.1, 0.15) is 6.07 Å². The van der Waals surface area contributed by atoms with Crippen molar-refractivity contribution in [3.8, 4) is 11.8 Å². The summed E-state index contributed by atoms with van der Waals surface area (Å²) in [4.78, 5) is 0. The van der Waals surface area contributed by atoms with Crippen LogP contribution in [0, 0.1) is 25.2 Å². The van der Waals surface area contributed by atoms with Crippen molar-refractivity contribution in [3.63, 3.8) is 0 Å². The summed E-state index contributed by atoms with van der Waals surface area (Å²) >= 11 is 0. The van der Waals surface area contributed by atoms with E-state index in [1.807, 2.05) is 10.7 Å². The number of rotatable bonds is 2. The molecular weight excluding hydrogens is 224 g/mol. The summed E-state index contributed by atoms with van der Waals surface area (Å²) in [5.41, 5.74) is 4.86. The van der Waals surface area contributed by atoms with E-state index in [-0.39, 0.29) is 0 Å². The Kier molecular flexibility index (Phi) is 2.41. The van der Waals surface area contributed by atoms with E-state index in [2.05, 4.69) is 42.4 Å². The maximum Gasteiger partial charge on any atom is 0.186 e. The standard InChI is InChI=1S/C14H14N4/c1-9-3-6-13(10(2)7-9)18-14(11-4-5-11)12(8-15)16-17-18/h3,6-7,11H,4-5H2,1-2H3. The van der Waals surface area contributed by atoms with Gasteiger partial charge in [0.2, 0.25) is 0 Å². The molecule has 18 heavy (non-hydrogen) atoms. The van der Waals surface area contributed by atoms with Crippen molar-refractivity contribution in [1.82, 2.24) is 15.0 Å². The van der Waals surface area contributed by atoms with Crippen LogP contribution in [0.5, 0.6) is 0 Å². The van der Waals surface area contributed by atoms with Crippen molar-refractivity contribution in [2.75, 3.05) is 0 Å². The fraction of sp³-hybridized carbons (Fsp3) is 0.357. The second-order valence-corrected chi connectivity index (χ2v) is 4.91. The maximum atomic E-state index is 9.10. The molecule has 0 spiro atoms. The molecular formula is C14H14N4. The van der Waals surface area contributed by atoms with Gasteiger partial charge in [-0.25, -0.2) is 4.68 Å². The van der Waals surface area contributed by atoms with Crippen LogP contribution < -0.4 is 0 Å². The van der Waals surface area contributed by atoms with Gasteiger partial charge in [-0.05, 0) is 38.3 Å². The van der Waals surface area contributed by atoms with Gasteiger partial charge < -0.3 is 0 Å². The van der Waals surface area contributed by atoms with E-state index >= 15 is 0 Å².